The van der Waals surface area contributed by atoms with E-state index in [9.17, 15) is 0 Å². The Morgan fingerprint density at radius 1 is 0.262 bits per heavy atom. The number of hydrogen-bond acceptors (Lipinski definition) is 2. The Hall–Kier alpha value is -5.60. The Morgan fingerprint density at radius 2 is 0.571 bits per heavy atom. The van der Waals surface area contributed by atoms with E-state index in [0.29, 0.717) is 0 Å². The summed E-state index contributed by atoms with van der Waals surface area (Å²) in [5.74, 6) is 0. The maximum atomic E-state index is 2.43. The Balaban J connectivity index is 1.61. The van der Waals surface area contributed by atoms with Crippen molar-refractivity contribution in [1.29, 1.82) is 0 Å². The molecule has 0 heterocycles. The zero-order valence-electron chi connectivity index (χ0n) is 23.1. The molecule has 0 spiro atoms. The molecule has 0 N–H and O–H groups in total. The molecule has 0 aliphatic carbocycles. The highest BCUT2D eigenvalue weighted by atomic mass is 15.2. The number of hydrogen-bond donors (Lipinski definition) is 0. The van der Waals surface area contributed by atoms with Crippen LogP contribution in [0.2, 0.25) is 0 Å². The standard InChI is InChI=1S/C40H28N2/c1-5-17-31(18-6-1)41(32-19-7-2-8-20-32)39-35-25-13-15-29-27-28-30-16-14-26-36(38(30)37(29)35)40(39)42(33-21-9-3-10-22-33)34-23-11-4-12-24-34/h1-28H. The van der Waals surface area contributed by atoms with Crippen molar-refractivity contribution in [3.63, 3.8) is 0 Å². The van der Waals surface area contributed by atoms with E-state index in [2.05, 4.69) is 180 Å². The van der Waals surface area contributed by atoms with Crippen LogP contribution in [-0.2, 0) is 0 Å². The SMILES string of the molecule is c1ccc(N(c2ccccc2)c2c(N(c3ccccc3)c3ccccc3)c3cccc4ccc5cccc2c5c43)cc1. The third kappa shape index (κ3) is 3.88. The lowest BCUT2D eigenvalue weighted by atomic mass is 9.90. The molecule has 198 valence electrons. The normalized spacial score (nSPS) is 11.3. The highest BCUT2D eigenvalue weighted by Crippen LogP contribution is 2.54. The van der Waals surface area contributed by atoms with Crippen molar-refractivity contribution in [2.45, 2.75) is 0 Å². The molecule has 0 aromatic heterocycles. The summed E-state index contributed by atoms with van der Waals surface area (Å²) in [5, 5.41) is 7.52. The van der Waals surface area contributed by atoms with E-state index in [0.717, 1.165) is 34.1 Å². The van der Waals surface area contributed by atoms with Crippen LogP contribution in [0.3, 0.4) is 0 Å². The first kappa shape index (κ1) is 24.2. The van der Waals surface area contributed by atoms with E-state index in [1.54, 1.807) is 0 Å². The summed E-state index contributed by atoms with van der Waals surface area (Å²) < 4.78 is 0. The lowest BCUT2D eigenvalue weighted by Crippen LogP contribution is -2.18. The van der Waals surface area contributed by atoms with Gasteiger partial charge in [0.05, 0.1) is 11.4 Å². The van der Waals surface area contributed by atoms with Gasteiger partial charge < -0.3 is 9.80 Å². The highest BCUT2D eigenvalue weighted by molar-refractivity contribution is 6.32. The van der Waals surface area contributed by atoms with Gasteiger partial charge in [-0.05, 0) is 70.1 Å². The zero-order chi connectivity index (χ0) is 27.9. The van der Waals surface area contributed by atoms with Crippen LogP contribution < -0.4 is 9.80 Å². The van der Waals surface area contributed by atoms with Gasteiger partial charge in [-0.1, -0.05) is 121 Å². The molecule has 0 aliphatic heterocycles. The largest absolute Gasteiger partial charge is 0.308 e. The second-order valence-electron chi connectivity index (χ2n) is 10.6. The Kier molecular flexibility index (Phi) is 5.82. The van der Waals surface area contributed by atoms with Gasteiger partial charge in [-0.3, -0.25) is 0 Å². The lowest BCUT2D eigenvalue weighted by molar-refractivity contribution is 1.25. The molecule has 8 rings (SSSR count). The molecule has 0 atom stereocenters. The van der Waals surface area contributed by atoms with Gasteiger partial charge >= 0.3 is 0 Å². The minimum absolute atomic E-state index is 1.11. The van der Waals surface area contributed by atoms with Crippen LogP contribution in [0.5, 0.6) is 0 Å². The summed E-state index contributed by atoms with van der Waals surface area (Å²) >= 11 is 0. The number of para-hydroxylation sites is 4. The van der Waals surface area contributed by atoms with E-state index >= 15 is 0 Å². The van der Waals surface area contributed by atoms with Gasteiger partial charge in [0, 0.05) is 33.5 Å². The molecule has 0 saturated carbocycles. The number of nitrogens with zero attached hydrogens (tertiary/aromatic N) is 2. The molecule has 0 saturated heterocycles. The number of anilines is 6. The fourth-order valence-corrected chi connectivity index (χ4v) is 6.38. The third-order valence-electron chi connectivity index (χ3n) is 8.13. The Morgan fingerprint density at radius 3 is 0.881 bits per heavy atom. The first-order valence-electron chi connectivity index (χ1n) is 14.4. The molecular formula is C40H28N2. The van der Waals surface area contributed by atoms with Gasteiger partial charge in [0.2, 0.25) is 0 Å². The monoisotopic (exact) mass is 536 g/mol. The summed E-state index contributed by atoms with van der Waals surface area (Å²) in [4.78, 5) is 4.86. The van der Waals surface area contributed by atoms with Crippen LogP contribution in [0.15, 0.2) is 170 Å². The third-order valence-corrected chi connectivity index (χ3v) is 8.13. The predicted molar refractivity (Wildman–Crippen MR) is 180 cm³/mol. The van der Waals surface area contributed by atoms with Gasteiger partial charge in [-0.25, -0.2) is 0 Å². The molecule has 8 aromatic carbocycles. The summed E-state index contributed by atoms with van der Waals surface area (Å²) in [5.41, 5.74) is 6.75. The van der Waals surface area contributed by atoms with Crippen LogP contribution in [0.25, 0.3) is 32.3 Å². The summed E-state index contributed by atoms with van der Waals surface area (Å²) in [6.07, 6.45) is 0. The van der Waals surface area contributed by atoms with Crippen LogP contribution in [-0.4, -0.2) is 0 Å². The van der Waals surface area contributed by atoms with Crippen molar-refractivity contribution in [2.75, 3.05) is 9.80 Å². The van der Waals surface area contributed by atoms with Crippen molar-refractivity contribution >= 4 is 66.4 Å². The molecule has 8 aromatic rings. The van der Waals surface area contributed by atoms with Gasteiger partial charge in [-0.15, -0.1) is 0 Å². The van der Waals surface area contributed by atoms with Crippen molar-refractivity contribution < 1.29 is 0 Å². The van der Waals surface area contributed by atoms with E-state index < -0.39 is 0 Å². The molecule has 0 unspecified atom stereocenters. The first-order chi connectivity index (χ1) is 20.9. The van der Waals surface area contributed by atoms with Crippen molar-refractivity contribution in [2.24, 2.45) is 0 Å². The van der Waals surface area contributed by atoms with E-state index in [-0.39, 0.29) is 0 Å². The highest BCUT2D eigenvalue weighted by Gasteiger charge is 2.28. The quantitative estimate of drug-likeness (QED) is 0.195. The number of benzene rings is 8. The van der Waals surface area contributed by atoms with Crippen molar-refractivity contribution in [1.82, 2.24) is 0 Å². The zero-order valence-corrected chi connectivity index (χ0v) is 23.1. The van der Waals surface area contributed by atoms with Crippen LogP contribution in [0.1, 0.15) is 0 Å². The molecule has 0 bridgehead atoms. The molecular weight excluding hydrogens is 508 g/mol. The average molecular weight is 537 g/mol. The average Bonchev–Trinajstić information content (AvgIpc) is 3.07. The Labute approximate surface area is 245 Å². The van der Waals surface area contributed by atoms with Gasteiger partial charge in [0.25, 0.3) is 0 Å². The maximum Gasteiger partial charge on any atom is 0.0788 e. The van der Waals surface area contributed by atoms with E-state index in [1.165, 1.54) is 32.3 Å². The van der Waals surface area contributed by atoms with E-state index in [4.69, 9.17) is 0 Å². The summed E-state index contributed by atoms with van der Waals surface area (Å²) in [6, 6.07) is 60.9. The van der Waals surface area contributed by atoms with Gasteiger partial charge in [0.1, 0.15) is 0 Å². The molecule has 0 radical (unpaired) electrons. The fraction of sp³-hybridized carbons (Fsp3) is 0. The molecule has 2 heteroatoms. The van der Waals surface area contributed by atoms with E-state index in [1.807, 2.05) is 0 Å². The first-order valence-corrected chi connectivity index (χ1v) is 14.4. The second kappa shape index (κ2) is 10.1. The minimum atomic E-state index is 1.11. The summed E-state index contributed by atoms with van der Waals surface area (Å²) in [7, 11) is 0. The minimum Gasteiger partial charge on any atom is -0.308 e. The number of rotatable bonds is 6. The molecule has 2 nitrogen and oxygen atoms in total. The predicted octanol–water partition coefficient (Wildman–Crippen LogP) is 11.5. The molecule has 0 fully saturated rings. The second-order valence-corrected chi connectivity index (χ2v) is 10.6. The molecule has 42 heavy (non-hydrogen) atoms. The fourth-order valence-electron chi connectivity index (χ4n) is 6.38. The van der Waals surface area contributed by atoms with Crippen molar-refractivity contribution in [3.8, 4) is 0 Å². The van der Waals surface area contributed by atoms with Crippen LogP contribution in [0.4, 0.5) is 34.1 Å². The van der Waals surface area contributed by atoms with Gasteiger partial charge in [0.15, 0.2) is 0 Å². The molecule has 0 aliphatic rings. The smallest absolute Gasteiger partial charge is 0.0788 e. The maximum absolute atomic E-state index is 2.43. The lowest BCUT2D eigenvalue weighted by Gasteiger charge is -2.35. The van der Waals surface area contributed by atoms with Crippen molar-refractivity contribution in [3.05, 3.63) is 170 Å². The van der Waals surface area contributed by atoms with Gasteiger partial charge in [-0.2, -0.15) is 0 Å². The summed E-state index contributed by atoms with van der Waals surface area (Å²) in [6.45, 7) is 0. The molecule has 0 amide bonds. The topological polar surface area (TPSA) is 6.48 Å². The van der Waals surface area contributed by atoms with Crippen LogP contribution in [0, 0.1) is 0 Å². The van der Waals surface area contributed by atoms with Crippen LogP contribution >= 0.6 is 0 Å². The Bertz CT molecular complexity index is 1890.